The molecule has 0 unspecified atom stereocenters. The highest BCUT2D eigenvalue weighted by Gasteiger charge is 2.11. The molecule has 0 saturated carbocycles. The highest BCUT2D eigenvalue weighted by molar-refractivity contribution is 5.97. The first-order valence-electron chi connectivity index (χ1n) is 5.33. The summed E-state index contributed by atoms with van der Waals surface area (Å²) in [5, 5.41) is 5.04. The van der Waals surface area contributed by atoms with E-state index in [1.54, 1.807) is 0 Å². The van der Waals surface area contributed by atoms with Crippen molar-refractivity contribution in [2.75, 3.05) is 0 Å². The van der Waals surface area contributed by atoms with Gasteiger partial charge >= 0.3 is 0 Å². The zero-order valence-corrected chi connectivity index (χ0v) is 9.32. The SMILES string of the molecule is CC1=NC=C(c2ccc3c(C)noc3c2)C1. The number of aliphatic imine (C=N–C) groups is 1. The predicted molar refractivity (Wildman–Crippen MR) is 64.4 cm³/mol. The number of benzene rings is 1. The van der Waals surface area contributed by atoms with Crippen molar-refractivity contribution < 1.29 is 4.52 Å². The number of fused-ring (bicyclic) bond motifs is 1. The smallest absolute Gasteiger partial charge is 0.167 e. The highest BCUT2D eigenvalue weighted by atomic mass is 16.5. The maximum absolute atomic E-state index is 5.26. The van der Waals surface area contributed by atoms with E-state index in [1.165, 1.54) is 11.1 Å². The number of nitrogens with zero attached hydrogens (tertiary/aromatic N) is 2. The van der Waals surface area contributed by atoms with Crippen molar-refractivity contribution in [3.8, 4) is 0 Å². The standard InChI is InChI=1S/C13H12N2O/c1-8-5-11(7-14-8)10-3-4-12-9(2)15-16-13(12)6-10/h3-4,6-7H,5H2,1-2H3. The summed E-state index contributed by atoms with van der Waals surface area (Å²) in [5.74, 6) is 0. The molecule has 1 aliphatic rings. The van der Waals surface area contributed by atoms with E-state index in [0.717, 1.165) is 28.8 Å². The van der Waals surface area contributed by atoms with E-state index in [2.05, 4.69) is 22.3 Å². The average Bonchev–Trinajstić information content (AvgIpc) is 2.86. The lowest BCUT2D eigenvalue weighted by Crippen LogP contribution is -1.87. The Balaban J connectivity index is 2.07. The molecule has 0 atom stereocenters. The zero-order chi connectivity index (χ0) is 11.1. The van der Waals surface area contributed by atoms with Gasteiger partial charge in [0.25, 0.3) is 0 Å². The second-order valence-corrected chi connectivity index (χ2v) is 4.17. The molecule has 80 valence electrons. The third-order valence-corrected chi connectivity index (χ3v) is 2.91. The van der Waals surface area contributed by atoms with E-state index >= 15 is 0 Å². The van der Waals surface area contributed by atoms with Crippen LogP contribution >= 0.6 is 0 Å². The lowest BCUT2D eigenvalue weighted by molar-refractivity contribution is 0.450. The van der Waals surface area contributed by atoms with Gasteiger partial charge in [0.15, 0.2) is 5.58 Å². The molecule has 0 aliphatic carbocycles. The van der Waals surface area contributed by atoms with Crippen LogP contribution in [-0.4, -0.2) is 10.9 Å². The third-order valence-electron chi connectivity index (χ3n) is 2.91. The molecule has 2 heterocycles. The molecular weight excluding hydrogens is 200 g/mol. The average molecular weight is 212 g/mol. The van der Waals surface area contributed by atoms with Crippen LogP contribution in [0.2, 0.25) is 0 Å². The topological polar surface area (TPSA) is 38.4 Å². The van der Waals surface area contributed by atoms with Crippen molar-refractivity contribution in [3.05, 3.63) is 35.7 Å². The molecule has 1 aromatic carbocycles. The number of aromatic nitrogens is 1. The Morgan fingerprint density at radius 3 is 2.88 bits per heavy atom. The summed E-state index contributed by atoms with van der Waals surface area (Å²) in [6.07, 6.45) is 2.86. The van der Waals surface area contributed by atoms with Crippen LogP contribution in [0.4, 0.5) is 0 Å². The second-order valence-electron chi connectivity index (χ2n) is 4.17. The van der Waals surface area contributed by atoms with E-state index in [-0.39, 0.29) is 0 Å². The molecule has 3 heteroatoms. The van der Waals surface area contributed by atoms with Crippen molar-refractivity contribution >= 4 is 22.3 Å². The maximum atomic E-state index is 5.26. The third kappa shape index (κ3) is 1.36. The summed E-state index contributed by atoms with van der Waals surface area (Å²) in [7, 11) is 0. The fourth-order valence-corrected chi connectivity index (χ4v) is 1.99. The predicted octanol–water partition coefficient (Wildman–Crippen LogP) is 3.34. The highest BCUT2D eigenvalue weighted by Crippen LogP contribution is 2.27. The van der Waals surface area contributed by atoms with Gasteiger partial charge in [-0.25, -0.2) is 0 Å². The monoisotopic (exact) mass is 212 g/mol. The van der Waals surface area contributed by atoms with Crippen LogP contribution in [0.3, 0.4) is 0 Å². The summed E-state index contributed by atoms with van der Waals surface area (Å²) >= 11 is 0. The Labute approximate surface area is 93.5 Å². The number of hydrogen-bond acceptors (Lipinski definition) is 3. The molecule has 0 N–H and O–H groups in total. The van der Waals surface area contributed by atoms with Crippen LogP contribution in [0.1, 0.15) is 24.6 Å². The largest absolute Gasteiger partial charge is 0.356 e. The van der Waals surface area contributed by atoms with E-state index in [0.29, 0.717) is 0 Å². The number of aryl methyl sites for hydroxylation is 1. The first-order chi connectivity index (χ1) is 7.74. The van der Waals surface area contributed by atoms with Crippen molar-refractivity contribution in [2.45, 2.75) is 20.3 Å². The van der Waals surface area contributed by atoms with Gasteiger partial charge in [-0.2, -0.15) is 0 Å². The second kappa shape index (κ2) is 3.30. The maximum Gasteiger partial charge on any atom is 0.167 e. The van der Waals surface area contributed by atoms with Crippen molar-refractivity contribution in [1.82, 2.24) is 5.16 Å². The molecule has 3 rings (SSSR count). The quantitative estimate of drug-likeness (QED) is 0.727. The van der Waals surface area contributed by atoms with E-state index in [1.807, 2.05) is 26.1 Å². The van der Waals surface area contributed by atoms with Gasteiger partial charge in [-0.15, -0.1) is 0 Å². The molecule has 2 aromatic rings. The first kappa shape index (κ1) is 9.33. The molecular formula is C13H12N2O. The molecule has 0 amide bonds. The molecule has 0 spiro atoms. The molecule has 3 nitrogen and oxygen atoms in total. The van der Waals surface area contributed by atoms with Gasteiger partial charge in [-0.1, -0.05) is 11.2 Å². The minimum atomic E-state index is 0.848. The molecule has 0 fully saturated rings. The number of rotatable bonds is 1. The number of hydrogen-bond donors (Lipinski definition) is 0. The Kier molecular flexibility index (Phi) is 1.93. The first-order valence-corrected chi connectivity index (χ1v) is 5.33. The van der Waals surface area contributed by atoms with Gasteiger partial charge in [0, 0.05) is 23.7 Å². The zero-order valence-electron chi connectivity index (χ0n) is 9.32. The summed E-state index contributed by atoms with van der Waals surface area (Å²) in [4.78, 5) is 4.29. The molecule has 0 bridgehead atoms. The molecule has 1 aromatic heterocycles. The van der Waals surface area contributed by atoms with Crippen LogP contribution < -0.4 is 0 Å². The molecule has 16 heavy (non-hydrogen) atoms. The molecule has 0 saturated heterocycles. The van der Waals surface area contributed by atoms with E-state index in [9.17, 15) is 0 Å². The summed E-state index contributed by atoms with van der Waals surface area (Å²) < 4.78 is 5.26. The van der Waals surface area contributed by atoms with E-state index < -0.39 is 0 Å². The van der Waals surface area contributed by atoms with Gasteiger partial charge < -0.3 is 4.52 Å². The van der Waals surface area contributed by atoms with Crippen LogP contribution in [0, 0.1) is 6.92 Å². The lowest BCUT2D eigenvalue weighted by Gasteiger charge is -2.00. The Morgan fingerprint density at radius 2 is 2.12 bits per heavy atom. The van der Waals surface area contributed by atoms with Crippen molar-refractivity contribution in [1.29, 1.82) is 0 Å². The minimum absolute atomic E-state index is 0.848. The summed E-state index contributed by atoms with van der Waals surface area (Å²) in [6.45, 7) is 3.99. The fourth-order valence-electron chi connectivity index (χ4n) is 1.99. The van der Waals surface area contributed by atoms with Crippen LogP contribution in [-0.2, 0) is 0 Å². The normalized spacial score (nSPS) is 15.4. The van der Waals surface area contributed by atoms with Crippen LogP contribution in [0.5, 0.6) is 0 Å². The van der Waals surface area contributed by atoms with Gasteiger partial charge in [0.05, 0.1) is 5.69 Å². The summed E-state index contributed by atoms with van der Waals surface area (Å²) in [5.41, 5.74) is 5.36. The van der Waals surface area contributed by atoms with Gasteiger partial charge in [-0.05, 0) is 37.1 Å². The summed E-state index contributed by atoms with van der Waals surface area (Å²) in [6, 6.07) is 6.20. The van der Waals surface area contributed by atoms with Crippen molar-refractivity contribution in [2.24, 2.45) is 4.99 Å². The Bertz CT molecular complexity index is 620. The Morgan fingerprint density at radius 1 is 1.25 bits per heavy atom. The van der Waals surface area contributed by atoms with Crippen LogP contribution in [0.25, 0.3) is 16.5 Å². The molecule has 0 radical (unpaired) electrons. The van der Waals surface area contributed by atoms with E-state index in [4.69, 9.17) is 4.52 Å². The van der Waals surface area contributed by atoms with Gasteiger partial charge in [0.1, 0.15) is 0 Å². The Hall–Kier alpha value is -1.90. The van der Waals surface area contributed by atoms with Gasteiger partial charge in [-0.3, -0.25) is 4.99 Å². The minimum Gasteiger partial charge on any atom is -0.356 e. The fraction of sp³-hybridized carbons (Fsp3) is 0.231. The number of allylic oxidation sites excluding steroid dienone is 1. The van der Waals surface area contributed by atoms with Crippen LogP contribution in [0.15, 0.2) is 33.9 Å². The molecule has 1 aliphatic heterocycles. The van der Waals surface area contributed by atoms with Gasteiger partial charge in [0.2, 0.25) is 0 Å². The lowest BCUT2D eigenvalue weighted by atomic mass is 10.0. The van der Waals surface area contributed by atoms with Crippen molar-refractivity contribution in [3.63, 3.8) is 0 Å².